The van der Waals surface area contributed by atoms with Crippen LogP contribution < -0.4 is 10.0 Å². The average Bonchev–Trinajstić information content (AvgIpc) is 2.75. The maximum atomic E-state index is 13.0. The molecule has 34 heavy (non-hydrogen) atoms. The number of ether oxygens (including phenoxy) is 1. The molecule has 2 amide bonds. The van der Waals surface area contributed by atoms with Gasteiger partial charge in [0.2, 0.25) is 10.0 Å². The number of esters is 1. The van der Waals surface area contributed by atoms with Crippen molar-refractivity contribution >= 4 is 33.5 Å². The quantitative estimate of drug-likeness (QED) is 0.550. The number of rotatable bonds is 8. The van der Waals surface area contributed by atoms with Gasteiger partial charge in [0.25, 0.3) is 11.8 Å². The molecule has 2 aromatic rings. The summed E-state index contributed by atoms with van der Waals surface area (Å²) in [5.74, 6) is -1.66. The number of benzene rings is 2. The van der Waals surface area contributed by atoms with Crippen molar-refractivity contribution < 1.29 is 27.5 Å². The Morgan fingerprint density at radius 3 is 2.00 bits per heavy atom. The number of carbonyl (C=O) groups is 3. The van der Waals surface area contributed by atoms with E-state index in [1.165, 1.54) is 11.8 Å². The maximum Gasteiger partial charge on any atom is 0.324 e. The van der Waals surface area contributed by atoms with Crippen LogP contribution in [0.2, 0.25) is 0 Å². The Kier molecular flexibility index (Phi) is 8.57. The molecular weight excluding hydrogens is 458 g/mol. The Labute approximate surface area is 200 Å². The van der Waals surface area contributed by atoms with Crippen LogP contribution in [0.25, 0.3) is 0 Å². The maximum absolute atomic E-state index is 13.0. The number of carbonyl (C=O) groups excluding carboxylic acids is 3. The van der Waals surface area contributed by atoms with E-state index in [2.05, 4.69) is 10.0 Å². The predicted octanol–water partition coefficient (Wildman–Crippen LogP) is 2.47. The first kappa shape index (κ1) is 27.0. The summed E-state index contributed by atoms with van der Waals surface area (Å²) in [5.41, 5.74) is 3.75. The van der Waals surface area contributed by atoms with Crippen molar-refractivity contribution in [3.63, 3.8) is 0 Å². The highest BCUT2D eigenvalue weighted by molar-refractivity contribution is 7.89. The van der Waals surface area contributed by atoms with Crippen molar-refractivity contribution in [1.82, 2.24) is 9.62 Å². The molecule has 2 rings (SSSR count). The Balaban J connectivity index is 1.98. The molecule has 9 nitrogen and oxygen atoms in total. The zero-order valence-electron chi connectivity index (χ0n) is 20.5. The third kappa shape index (κ3) is 6.42. The fraction of sp³-hybridized carbons (Fsp3) is 0.375. The molecule has 0 bridgehead atoms. The first-order valence-corrected chi connectivity index (χ1v) is 12.1. The molecular formula is C24H31N3O6S. The number of anilines is 1. The molecule has 0 aliphatic carbocycles. The van der Waals surface area contributed by atoms with Crippen molar-refractivity contribution in [3.05, 3.63) is 58.1 Å². The molecule has 184 valence electrons. The summed E-state index contributed by atoms with van der Waals surface area (Å²) >= 11 is 0. The second kappa shape index (κ2) is 10.8. The zero-order chi connectivity index (χ0) is 25.8. The highest BCUT2D eigenvalue weighted by Crippen LogP contribution is 2.26. The van der Waals surface area contributed by atoms with Gasteiger partial charge in [-0.1, -0.05) is 6.07 Å². The van der Waals surface area contributed by atoms with Gasteiger partial charge in [0.15, 0.2) is 6.61 Å². The van der Waals surface area contributed by atoms with Crippen LogP contribution in [0.15, 0.2) is 35.2 Å². The van der Waals surface area contributed by atoms with E-state index in [1.807, 2.05) is 19.9 Å². The Morgan fingerprint density at radius 1 is 0.971 bits per heavy atom. The molecule has 0 aliphatic rings. The minimum Gasteiger partial charge on any atom is -0.454 e. The van der Waals surface area contributed by atoms with Gasteiger partial charge in [0.1, 0.15) is 6.04 Å². The van der Waals surface area contributed by atoms with Gasteiger partial charge in [-0.15, -0.1) is 0 Å². The lowest BCUT2D eigenvalue weighted by Crippen LogP contribution is -2.41. The molecule has 0 spiro atoms. The summed E-state index contributed by atoms with van der Waals surface area (Å²) in [4.78, 5) is 37.9. The number of amides is 2. The van der Waals surface area contributed by atoms with Crippen molar-refractivity contribution in [3.8, 4) is 0 Å². The highest BCUT2D eigenvalue weighted by Gasteiger charge is 2.27. The minimum atomic E-state index is -4.00. The van der Waals surface area contributed by atoms with E-state index < -0.39 is 34.5 Å². The molecule has 0 aromatic heterocycles. The molecule has 0 saturated carbocycles. The summed E-state index contributed by atoms with van der Waals surface area (Å²) < 4.78 is 33.2. The topological polar surface area (TPSA) is 122 Å². The smallest absolute Gasteiger partial charge is 0.324 e. The second-order valence-corrected chi connectivity index (χ2v) is 10.0. The van der Waals surface area contributed by atoms with Gasteiger partial charge >= 0.3 is 5.97 Å². The lowest BCUT2D eigenvalue weighted by Gasteiger charge is -2.18. The Morgan fingerprint density at radius 2 is 1.50 bits per heavy atom. The van der Waals surface area contributed by atoms with Crippen LogP contribution in [0.1, 0.15) is 39.5 Å². The summed E-state index contributed by atoms with van der Waals surface area (Å²) in [6.07, 6.45) is 0. The van der Waals surface area contributed by atoms with Crippen LogP contribution in [-0.2, 0) is 24.3 Å². The third-order valence-electron chi connectivity index (χ3n) is 5.42. The van der Waals surface area contributed by atoms with E-state index in [1.54, 1.807) is 52.2 Å². The normalized spacial score (nSPS) is 12.1. The van der Waals surface area contributed by atoms with Crippen LogP contribution in [0.3, 0.4) is 0 Å². The van der Waals surface area contributed by atoms with Crippen molar-refractivity contribution in [1.29, 1.82) is 0 Å². The molecule has 2 aromatic carbocycles. The van der Waals surface area contributed by atoms with Gasteiger partial charge in [-0.05, 0) is 81.1 Å². The molecule has 0 fully saturated rings. The summed E-state index contributed by atoms with van der Waals surface area (Å²) in [7, 11) is -0.724. The van der Waals surface area contributed by atoms with Crippen molar-refractivity contribution in [2.45, 2.75) is 45.6 Å². The molecule has 0 radical (unpaired) electrons. The predicted molar refractivity (Wildman–Crippen MR) is 129 cm³/mol. The van der Waals surface area contributed by atoms with Crippen molar-refractivity contribution in [2.75, 3.05) is 26.0 Å². The van der Waals surface area contributed by atoms with Gasteiger partial charge in [0.05, 0.1) is 4.90 Å². The third-order valence-corrected chi connectivity index (χ3v) is 7.23. The second-order valence-electron chi connectivity index (χ2n) is 8.37. The van der Waals surface area contributed by atoms with Crippen LogP contribution in [-0.4, -0.2) is 57.8 Å². The average molecular weight is 490 g/mol. The lowest BCUT2D eigenvalue weighted by molar-refractivity contribution is -0.148. The number of aryl methyl sites for hydroxylation is 2. The molecule has 0 saturated heterocycles. The van der Waals surface area contributed by atoms with Gasteiger partial charge in [-0.25, -0.2) is 8.42 Å². The standard InChI is InChI=1S/C24H31N3O6S/c1-14-12-15(2)17(4)22(16(14)3)34(31,32)26-18(5)24(30)33-13-21(28)25-20-10-8-19(9-11-20)23(29)27(6)7/h8-12,18,26H,13H2,1-7H3,(H,25,28)/t18-/m1/s1. The highest BCUT2D eigenvalue weighted by atomic mass is 32.2. The molecule has 10 heteroatoms. The number of hydrogen-bond acceptors (Lipinski definition) is 6. The fourth-order valence-corrected chi connectivity index (χ4v) is 5.14. The first-order valence-electron chi connectivity index (χ1n) is 10.6. The van der Waals surface area contributed by atoms with Crippen LogP contribution in [0.5, 0.6) is 0 Å². The Bertz CT molecular complexity index is 1180. The Hall–Kier alpha value is -3.24. The molecule has 0 unspecified atom stereocenters. The summed E-state index contributed by atoms with van der Waals surface area (Å²) in [6.45, 7) is 7.84. The van der Waals surface area contributed by atoms with Crippen LogP contribution in [0, 0.1) is 27.7 Å². The van der Waals surface area contributed by atoms with Crippen molar-refractivity contribution in [2.24, 2.45) is 0 Å². The van der Waals surface area contributed by atoms with E-state index >= 15 is 0 Å². The number of nitrogens with zero attached hydrogens (tertiary/aromatic N) is 1. The van der Waals surface area contributed by atoms with Crippen LogP contribution >= 0.6 is 0 Å². The van der Waals surface area contributed by atoms with Gasteiger partial charge in [-0.3, -0.25) is 14.4 Å². The van der Waals surface area contributed by atoms with E-state index in [9.17, 15) is 22.8 Å². The monoisotopic (exact) mass is 489 g/mol. The zero-order valence-corrected chi connectivity index (χ0v) is 21.3. The number of hydrogen-bond donors (Lipinski definition) is 2. The molecule has 0 aliphatic heterocycles. The van der Waals surface area contributed by atoms with Gasteiger partial charge in [0, 0.05) is 25.3 Å². The van der Waals surface area contributed by atoms with E-state index in [4.69, 9.17) is 4.74 Å². The van der Waals surface area contributed by atoms with Gasteiger partial charge < -0.3 is 15.0 Å². The van der Waals surface area contributed by atoms with E-state index in [0.717, 1.165) is 11.1 Å². The van der Waals surface area contributed by atoms with Crippen LogP contribution in [0.4, 0.5) is 5.69 Å². The van der Waals surface area contributed by atoms with Gasteiger partial charge in [-0.2, -0.15) is 4.72 Å². The number of nitrogens with one attached hydrogen (secondary N) is 2. The van der Waals surface area contributed by atoms with E-state index in [-0.39, 0.29) is 10.8 Å². The minimum absolute atomic E-state index is 0.138. The number of sulfonamides is 1. The molecule has 2 N–H and O–H groups in total. The molecule has 0 heterocycles. The molecule has 1 atom stereocenters. The lowest BCUT2D eigenvalue weighted by atomic mass is 10.0. The van der Waals surface area contributed by atoms with E-state index in [0.29, 0.717) is 22.4 Å². The fourth-order valence-electron chi connectivity index (χ4n) is 3.34. The SMILES string of the molecule is Cc1cc(C)c(C)c(S(=O)(=O)N[C@H](C)C(=O)OCC(=O)Nc2ccc(C(=O)N(C)C)cc2)c1C. The summed E-state index contributed by atoms with van der Waals surface area (Å²) in [5, 5.41) is 2.55. The first-order chi connectivity index (χ1) is 15.7. The largest absolute Gasteiger partial charge is 0.454 e. The summed E-state index contributed by atoms with van der Waals surface area (Å²) in [6, 6.07) is 6.96.